The minimum absolute atomic E-state index is 0.0210. The Bertz CT molecular complexity index is 1140. The molecule has 0 spiro atoms. The van der Waals surface area contributed by atoms with E-state index >= 15 is 0 Å². The number of rotatable bonds is 6. The second kappa shape index (κ2) is 7.17. The van der Waals surface area contributed by atoms with Gasteiger partial charge in [-0.2, -0.15) is 0 Å². The van der Waals surface area contributed by atoms with E-state index in [1.807, 2.05) is 6.07 Å². The first-order valence-corrected chi connectivity index (χ1v) is 11.4. The highest BCUT2D eigenvalue weighted by Crippen LogP contribution is 2.34. The summed E-state index contributed by atoms with van der Waals surface area (Å²) in [5.41, 5.74) is 1.19. The van der Waals surface area contributed by atoms with Gasteiger partial charge in [-0.15, -0.1) is 27.8 Å². The van der Waals surface area contributed by atoms with Crippen LogP contribution in [0.3, 0.4) is 0 Å². The lowest BCUT2D eigenvalue weighted by Gasteiger charge is -2.04. The van der Waals surface area contributed by atoms with E-state index in [4.69, 9.17) is 0 Å². The molecule has 0 radical (unpaired) electrons. The number of aromatic nitrogens is 6. The van der Waals surface area contributed by atoms with Crippen LogP contribution in [0.4, 0.5) is 0 Å². The smallest absolute Gasteiger partial charge is 0.259 e. The Labute approximate surface area is 166 Å². The minimum atomic E-state index is -0.0210. The van der Waals surface area contributed by atoms with Crippen LogP contribution < -0.4 is 5.56 Å². The maximum absolute atomic E-state index is 12.5. The van der Waals surface area contributed by atoms with E-state index in [9.17, 15) is 4.79 Å². The molecule has 0 bridgehead atoms. The third kappa shape index (κ3) is 3.32. The zero-order valence-electron chi connectivity index (χ0n) is 14.3. The summed E-state index contributed by atoms with van der Waals surface area (Å²) in [5, 5.41) is 15.6. The molecule has 0 atom stereocenters. The second-order valence-corrected chi connectivity index (χ2v) is 9.41. The molecule has 1 aliphatic carbocycles. The van der Waals surface area contributed by atoms with Gasteiger partial charge < -0.3 is 4.98 Å². The highest BCUT2D eigenvalue weighted by Gasteiger charge is 2.21. The maximum Gasteiger partial charge on any atom is 0.259 e. The third-order valence-electron chi connectivity index (χ3n) is 4.61. The molecule has 0 saturated heterocycles. The van der Waals surface area contributed by atoms with E-state index in [-0.39, 0.29) is 5.56 Å². The van der Waals surface area contributed by atoms with Crippen molar-refractivity contribution < 1.29 is 0 Å². The van der Waals surface area contributed by atoms with Crippen LogP contribution in [-0.2, 0) is 31.6 Å². The van der Waals surface area contributed by atoms with Gasteiger partial charge in [0.05, 0.1) is 17.7 Å². The van der Waals surface area contributed by atoms with Crippen molar-refractivity contribution >= 4 is 44.7 Å². The molecule has 0 aromatic carbocycles. The summed E-state index contributed by atoms with van der Waals surface area (Å²) in [6.07, 6.45) is 4.10. The molecule has 0 aliphatic heterocycles. The van der Waals surface area contributed by atoms with Gasteiger partial charge in [-0.1, -0.05) is 17.8 Å². The fraction of sp³-hybridized carbons (Fsp3) is 0.353. The van der Waals surface area contributed by atoms with E-state index in [0.29, 0.717) is 11.6 Å². The molecule has 138 valence electrons. The molecule has 0 unspecified atom stereocenters. The zero-order chi connectivity index (χ0) is 18.2. The summed E-state index contributed by atoms with van der Waals surface area (Å²) in [5.74, 6) is 1.21. The number of hydrogen-bond acceptors (Lipinski definition) is 8. The van der Waals surface area contributed by atoms with E-state index < -0.39 is 0 Å². The summed E-state index contributed by atoms with van der Waals surface area (Å²) in [7, 11) is 0. The zero-order valence-corrected chi connectivity index (χ0v) is 16.8. The van der Waals surface area contributed by atoms with Gasteiger partial charge in [0, 0.05) is 16.2 Å². The van der Waals surface area contributed by atoms with Gasteiger partial charge in [0.1, 0.15) is 10.7 Å². The lowest BCUT2D eigenvalue weighted by atomic mass is 10.2. The van der Waals surface area contributed by atoms with Gasteiger partial charge in [-0.25, -0.2) is 9.67 Å². The van der Waals surface area contributed by atoms with E-state index in [0.717, 1.165) is 47.6 Å². The summed E-state index contributed by atoms with van der Waals surface area (Å²) in [4.78, 5) is 23.7. The second-order valence-electron chi connectivity index (χ2n) is 6.35. The average molecular weight is 417 g/mol. The van der Waals surface area contributed by atoms with Crippen LogP contribution in [0.15, 0.2) is 27.5 Å². The van der Waals surface area contributed by atoms with Crippen LogP contribution in [0.5, 0.6) is 0 Å². The van der Waals surface area contributed by atoms with Gasteiger partial charge in [-0.3, -0.25) is 4.79 Å². The first-order chi connectivity index (χ1) is 13.3. The molecule has 0 saturated carbocycles. The van der Waals surface area contributed by atoms with Crippen LogP contribution >= 0.6 is 34.4 Å². The van der Waals surface area contributed by atoms with Crippen molar-refractivity contribution in [1.29, 1.82) is 0 Å². The molecule has 4 aromatic rings. The monoisotopic (exact) mass is 416 g/mol. The minimum Gasteiger partial charge on any atom is -0.309 e. The molecule has 5 rings (SSSR count). The Kier molecular flexibility index (Phi) is 4.54. The Morgan fingerprint density at radius 2 is 2.30 bits per heavy atom. The standard InChI is InChI=1S/C17H16N6OS3/c24-15-14-11-4-1-5-12(11)27-16(14)19-13(18-15)9-26-17-20-21-22-23(17)7-6-10-3-2-8-25-10/h2-3,8H,1,4-7,9H2,(H,18,19,24). The predicted molar refractivity (Wildman–Crippen MR) is 108 cm³/mol. The highest BCUT2D eigenvalue weighted by atomic mass is 32.2. The van der Waals surface area contributed by atoms with Crippen LogP contribution in [0.2, 0.25) is 0 Å². The van der Waals surface area contributed by atoms with Crippen molar-refractivity contribution in [2.24, 2.45) is 0 Å². The predicted octanol–water partition coefficient (Wildman–Crippen LogP) is 3.06. The Morgan fingerprint density at radius 3 is 3.19 bits per heavy atom. The topological polar surface area (TPSA) is 89.4 Å². The van der Waals surface area contributed by atoms with Crippen molar-refractivity contribution in [1.82, 2.24) is 30.2 Å². The maximum atomic E-state index is 12.5. The molecule has 1 aliphatic rings. The number of tetrazole rings is 1. The van der Waals surface area contributed by atoms with Crippen LogP contribution in [0.25, 0.3) is 10.2 Å². The molecule has 4 aromatic heterocycles. The van der Waals surface area contributed by atoms with Gasteiger partial charge in [0.25, 0.3) is 5.56 Å². The highest BCUT2D eigenvalue weighted by molar-refractivity contribution is 7.98. The van der Waals surface area contributed by atoms with Crippen LogP contribution in [-0.4, -0.2) is 30.2 Å². The lowest BCUT2D eigenvalue weighted by Crippen LogP contribution is -2.11. The van der Waals surface area contributed by atoms with Crippen molar-refractivity contribution in [2.75, 3.05) is 0 Å². The van der Waals surface area contributed by atoms with Gasteiger partial charge in [0.15, 0.2) is 0 Å². The summed E-state index contributed by atoms with van der Waals surface area (Å²) < 4.78 is 1.81. The number of H-pyrrole nitrogens is 1. The number of fused-ring (bicyclic) bond motifs is 3. The normalized spacial score (nSPS) is 13.5. The molecular weight excluding hydrogens is 400 g/mol. The SMILES string of the molecule is O=c1[nH]c(CSc2nnnn2CCc2cccs2)nc2sc3c(c12)CCC3. The third-order valence-corrected chi connectivity index (χ3v) is 7.70. The van der Waals surface area contributed by atoms with Gasteiger partial charge in [0.2, 0.25) is 5.16 Å². The quantitative estimate of drug-likeness (QED) is 0.486. The Morgan fingerprint density at radius 1 is 1.33 bits per heavy atom. The van der Waals surface area contributed by atoms with Crippen LogP contribution in [0.1, 0.15) is 27.6 Å². The summed E-state index contributed by atoms with van der Waals surface area (Å²) in [6, 6.07) is 4.16. The Hall–Kier alpha value is -2.04. The fourth-order valence-electron chi connectivity index (χ4n) is 3.36. The van der Waals surface area contributed by atoms with E-state index in [1.165, 1.54) is 27.1 Å². The number of aromatic amines is 1. The molecule has 0 amide bonds. The number of hydrogen-bond donors (Lipinski definition) is 1. The average Bonchev–Trinajstić information content (AvgIpc) is 3.41. The number of thioether (sulfide) groups is 1. The molecule has 4 heterocycles. The molecule has 10 heteroatoms. The summed E-state index contributed by atoms with van der Waals surface area (Å²) >= 11 is 4.89. The molecular formula is C17H16N6OS3. The van der Waals surface area contributed by atoms with Crippen molar-refractivity contribution in [3.63, 3.8) is 0 Å². The lowest BCUT2D eigenvalue weighted by molar-refractivity contribution is 0.550. The first kappa shape index (κ1) is 17.1. The first-order valence-electron chi connectivity index (χ1n) is 8.73. The van der Waals surface area contributed by atoms with E-state index in [1.54, 1.807) is 27.4 Å². The largest absolute Gasteiger partial charge is 0.309 e. The fourth-order valence-corrected chi connectivity index (χ4v) is 6.11. The Balaban J connectivity index is 1.32. The summed E-state index contributed by atoms with van der Waals surface area (Å²) in [6.45, 7) is 0.733. The van der Waals surface area contributed by atoms with Crippen molar-refractivity contribution in [3.05, 3.63) is 49.0 Å². The van der Waals surface area contributed by atoms with Gasteiger partial charge in [-0.05, 0) is 46.7 Å². The van der Waals surface area contributed by atoms with E-state index in [2.05, 4.69) is 36.9 Å². The number of thiophene rings is 2. The number of nitrogens with one attached hydrogen (secondary N) is 1. The van der Waals surface area contributed by atoms with Crippen molar-refractivity contribution in [2.45, 2.75) is 43.1 Å². The van der Waals surface area contributed by atoms with Gasteiger partial charge >= 0.3 is 0 Å². The van der Waals surface area contributed by atoms with Crippen LogP contribution in [0, 0.1) is 0 Å². The molecule has 1 N–H and O–H groups in total. The number of aryl methyl sites for hydroxylation is 4. The molecule has 0 fully saturated rings. The molecule has 27 heavy (non-hydrogen) atoms. The van der Waals surface area contributed by atoms with Crippen molar-refractivity contribution in [3.8, 4) is 0 Å². The number of nitrogens with zero attached hydrogens (tertiary/aromatic N) is 5. The molecule has 7 nitrogen and oxygen atoms in total.